The second-order valence-electron chi connectivity index (χ2n) is 4.96. The summed E-state index contributed by atoms with van der Waals surface area (Å²) in [5.41, 5.74) is -0.544. The molecule has 0 fully saturated rings. The molecule has 3 aromatic rings. The van der Waals surface area contributed by atoms with E-state index in [1.54, 1.807) is 36.4 Å². The van der Waals surface area contributed by atoms with E-state index in [0.29, 0.717) is 5.82 Å². The molecular formula is C18H11N3O3. The average Bonchev–Trinajstić information content (AvgIpc) is 2.62. The van der Waals surface area contributed by atoms with E-state index in [-0.39, 0.29) is 22.4 Å². The maximum absolute atomic E-state index is 12.6. The summed E-state index contributed by atoms with van der Waals surface area (Å²) >= 11 is 0. The highest BCUT2D eigenvalue weighted by Gasteiger charge is 2.17. The smallest absolute Gasteiger partial charge is 0.274 e. The van der Waals surface area contributed by atoms with Crippen molar-refractivity contribution >= 4 is 5.78 Å². The molecule has 2 heterocycles. The lowest BCUT2D eigenvalue weighted by Gasteiger charge is -2.09. The number of phenolic OH excluding ortho intramolecular Hbond substituents is 1. The van der Waals surface area contributed by atoms with Gasteiger partial charge in [0, 0.05) is 18.0 Å². The number of carbonyl (C=O) groups excluding carboxylic acids is 1. The highest BCUT2D eigenvalue weighted by Crippen LogP contribution is 2.20. The Labute approximate surface area is 136 Å². The van der Waals surface area contributed by atoms with Crippen molar-refractivity contribution in [3.8, 4) is 17.6 Å². The highest BCUT2D eigenvalue weighted by atomic mass is 16.3. The maximum atomic E-state index is 12.6. The first-order valence-corrected chi connectivity index (χ1v) is 7.02. The normalized spacial score (nSPS) is 10.1. The Kier molecular flexibility index (Phi) is 3.91. The van der Waals surface area contributed by atoms with Gasteiger partial charge in [-0.1, -0.05) is 18.2 Å². The lowest BCUT2D eigenvalue weighted by molar-refractivity contribution is 0.103. The highest BCUT2D eigenvalue weighted by molar-refractivity contribution is 6.10. The molecule has 0 saturated heterocycles. The predicted molar refractivity (Wildman–Crippen MR) is 86.1 cm³/mol. The summed E-state index contributed by atoms with van der Waals surface area (Å²) in [7, 11) is 0. The second kappa shape index (κ2) is 6.18. The first-order valence-electron chi connectivity index (χ1n) is 7.02. The van der Waals surface area contributed by atoms with Crippen LogP contribution < -0.4 is 5.56 Å². The number of aromatic nitrogens is 2. The van der Waals surface area contributed by atoms with Gasteiger partial charge >= 0.3 is 0 Å². The number of rotatable bonds is 3. The van der Waals surface area contributed by atoms with E-state index >= 15 is 0 Å². The largest absolute Gasteiger partial charge is 0.507 e. The first-order chi connectivity index (χ1) is 11.6. The van der Waals surface area contributed by atoms with E-state index in [1.165, 1.54) is 30.6 Å². The number of hydrogen-bond acceptors (Lipinski definition) is 5. The second-order valence-corrected chi connectivity index (χ2v) is 4.96. The van der Waals surface area contributed by atoms with Gasteiger partial charge in [0.05, 0.1) is 5.56 Å². The third kappa shape index (κ3) is 2.66. The summed E-state index contributed by atoms with van der Waals surface area (Å²) in [5.74, 6) is -0.364. The number of ketones is 1. The van der Waals surface area contributed by atoms with Crippen LogP contribution in [0.25, 0.3) is 5.82 Å². The van der Waals surface area contributed by atoms with E-state index in [0.717, 1.165) is 4.57 Å². The average molecular weight is 317 g/mol. The van der Waals surface area contributed by atoms with Crippen molar-refractivity contribution < 1.29 is 9.90 Å². The summed E-state index contributed by atoms with van der Waals surface area (Å²) < 4.78 is 1.14. The van der Waals surface area contributed by atoms with E-state index in [9.17, 15) is 20.0 Å². The van der Waals surface area contributed by atoms with Gasteiger partial charge in [0.2, 0.25) is 0 Å². The Hall–Kier alpha value is -3.72. The molecule has 0 aliphatic rings. The van der Waals surface area contributed by atoms with Crippen LogP contribution in [0, 0.1) is 11.3 Å². The zero-order valence-corrected chi connectivity index (χ0v) is 12.4. The molecule has 0 bridgehead atoms. The minimum Gasteiger partial charge on any atom is -0.507 e. The molecule has 0 aliphatic heterocycles. The molecule has 0 aliphatic carbocycles. The van der Waals surface area contributed by atoms with Gasteiger partial charge in [0.15, 0.2) is 5.78 Å². The third-order valence-electron chi connectivity index (χ3n) is 3.44. The molecule has 2 aromatic heterocycles. The van der Waals surface area contributed by atoms with Crippen molar-refractivity contribution in [2.45, 2.75) is 0 Å². The zero-order chi connectivity index (χ0) is 17.1. The molecule has 0 spiro atoms. The molecule has 0 radical (unpaired) electrons. The van der Waals surface area contributed by atoms with Crippen molar-refractivity contribution in [3.63, 3.8) is 0 Å². The Morgan fingerprint density at radius 2 is 1.92 bits per heavy atom. The van der Waals surface area contributed by atoms with Crippen LogP contribution in [-0.2, 0) is 0 Å². The van der Waals surface area contributed by atoms with Crippen molar-refractivity contribution in [2.75, 3.05) is 0 Å². The molecule has 1 aromatic carbocycles. The molecule has 0 saturated carbocycles. The van der Waals surface area contributed by atoms with Crippen LogP contribution >= 0.6 is 0 Å². The number of aromatic hydroxyl groups is 1. The van der Waals surface area contributed by atoms with Crippen LogP contribution in [0.15, 0.2) is 65.7 Å². The number of nitriles is 1. The van der Waals surface area contributed by atoms with E-state index < -0.39 is 11.3 Å². The van der Waals surface area contributed by atoms with E-state index in [1.807, 2.05) is 0 Å². The van der Waals surface area contributed by atoms with Gasteiger partial charge < -0.3 is 5.11 Å². The van der Waals surface area contributed by atoms with E-state index in [2.05, 4.69) is 4.98 Å². The van der Waals surface area contributed by atoms with Gasteiger partial charge in [0.1, 0.15) is 23.2 Å². The van der Waals surface area contributed by atoms with Gasteiger partial charge in [0.25, 0.3) is 5.56 Å². The van der Waals surface area contributed by atoms with Gasteiger partial charge in [-0.2, -0.15) is 5.26 Å². The monoisotopic (exact) mass is 317 g/mol. The molecule has 3 rings (SSSR count). The van der Waals surface area contributed by atoms with Crippen LogP contribution in [0.5, 0.6) is 5.75 Å². The first kappa shape index (κ1) is 15.2. The molecule has 1 N–H and O–H groups in total. The zero-order valence-electron chi connectivity index (χ0n) is 12.4. The number of para-hydroxylation sites is 1. The number of pyridine rings is 2. The third-order valence-corrected chi connectivity index (χ3v) is 3.44. The van der Waals surface area contributed by atoms with Crippen LogP contribution in [0.1, 0.15) is 21.5 Å². The van der Waals surface area contributed by atoms with Crippen molar-refractivity contribution in [3.05, 3.63) is 88.0 Å². The quantitative estimate of drug-likeness (QED) is 0.746. The summed E-state index contributed by atoms with van der Waals surface area (Å²) in [6.07, 6.45) is 2.83. The number of nitrogens with zero attached hydrogens (tertiary/aromatic N) is 3. The Bertz CT molecular complexity index is 1020. The van der Waals surface area contributed by atoms with Gasteiger partial charge in [-0.3, -0.25) is 14.2 Å². The SMILES string of the molecule is N#Cc1cc(C(=O)c2ccccc2O)cn(-c2ccccn2)c1=O. The van der Waals surface area contributed by atoms with Gasteiger partial charge in [-0.15, -0.1) is 0 Å². The molecule has 6 nitrogen and oxygen atoms in total. The molecule has 6 heteroatoms. The summed E-state index contributed by atoms with van der Waals surface area (Å²) in [6, 6.07) is 14.1. The van der Waals surface area contributed by atoms with Gasteiger partial charge in [-0.05, 0) is 30.3 Å². The standard InChI is InChI=1S/C18H11N3O3/c19-10-12-9-13(17(23)14-5-1-2-6-15(14)22)11-21(18(12)24)16-7-3-4-8-20-16/h1-9,11,22H. The number of carbonyl (C=O) groups is 1. The Balaban J connectivity index is 2.20. The van der Waals surface area contributed by atoms with Crippen LogP contribution in [0.2, 0.25) is 0 Å². The van der Waals surface area contributed by atoms with Crippen molar-refractivity contribution in [2.24, 2.45) is 0 Å². The minimum absolute atomic E-state index is 0.0904. The minimum atomic E-state index is -0.565. The molecule has 0 amide bonds. The fourth-order valence-corrected chi connectivity index (χ4v) is 2.27. The van der Waals surface area contributed by atoms with Gasteiger partial charge in [-0.25, -0.2) is 4.98 Å². The number of phenols is 1. The topological polar surface area (TPSA) is 96.0 Å². The van der Waals surface area contributed by atoms with E-state index in [4.69, 9.17) is 0 Å². The maximum Gasteiger partial charge on any atom is 0.274 e. The van der Waals surface area contributed by atoms with Crippen molar-refractivity contribution in [1.82, 2.24) is 9.55 Å². The lowest BCUT2D eigenvalue weighted by Crippen LogP contribution is -2.23. The number of hydrogen-bond donors (Lipinski definition) is 1. The van der Waals surface area contributed by atoms with Crippen LogP contribution in [0.4, 0.5) is 0 Å². The predicted octanol–water partition coefficient (Wildman–Crippen LogP) is 2.04. The van der Waals surface area contributed by atoms with Crippen LogP contribution in [0.3, 0.4) is 0 Å². The lowest BCUT2D eigenvalue weighted by atomic mass is 10.0. The fourth-order valence-electron chi connectivity index (χ4n) is 2.27. The molecule has 0 atom stereocenters. The molecule has 0 unspecified atom stereocenters. The van der Waals surface area contributed by atoms with Crippen LogP contribution in [-0.4, -0.2) is 20.4 Å². The summed E-state index contributed by atoms with van der Waals surface area (Å²) in [6.45, 7) is 0. The van der Waals surface area contributed by atoms with Crippen molar-refractivity contribution in [1.29, 1.82) is 5.26 Å². The summed E-state index contributed by atoms with van der Waals surface area (Å²) in [4.78, 5) is 29.0. The molecule has 24 heavy (non-hydrogen) atoms. The Morgan fingerprint density at radius 1 is 1.17 bits per heavy atom. The molecule has 116 valence electrons. The Morgan fingerprint density at radius 3 is 2.58 bits per heavy atom. The molecular weight excluding hydrogens is 306 g/mol. The number of benzene rings is 1. The summed E-state index contributed by atoms with van der Waals surface area (Å²) in [5, 5.41) is 19.0. The fraction of sp³-hybridized carbons (Fsp3) is 0.